The van der Waals surface area contributed by atoms with Gasteiger partial charge in [0.25, 0.3) is 5.69 Å². The molecule has 0 saturated carbocycles. The fourth-order valence-corrected chi connectivity index (χ4v) is 3.05. The van der Waals surface area contributed by atoms with Crippen molar-refractivity contribution >= 4 is 15.7 Å². The van der Waals surface area contributed by atoms with Gasteiger partial charge in [0.15, 0.2) is 4.90 Å². The first-order valence-corrected chi connectivity index (χ1v) is 7.12. The molecule has 6 nitrogen and oxygen atoms in total. The molecule has 1 rings (SSSR count). The second kappa shape index (κ2) is 5.92. The molecule has 0 aliphatic heterocycles. The SMILES string of the molecule is CCCCNS(=O)(=O)c1c(C)cccc1[N+](=O)[O-]. The van der Waals surface area contributed by atoms with E-state index in [1.807, 2.05) is 6.92 Å². The maximum atomic E-state index is 12.0. The number of hydrogen-bond donors (Lipinski definition) is 1. The lowest BCUT2D eigenvalue weighted by Crippen LogP contribution is -2.26. The Labute approximate surface area is 106 Å². The number of nitrogens with one attached hydrogen (secondary N) is 1. The van der Waals surface area contributed by atoms with Crippen LogP contribution in [0.3, 0.4) is 0 Å². The van der Waals surface area contributed by atoms with Gasteiger partial charge in [-0.2, -0.15) is 0 Å². The van der Waals surface area contributed by atoms with Gasteiger partial charge in [0.05, 0.1) is 4.92 Å². The average molecular weight is 272 g/mol. The molecule has 7 heteroatoms. The molecule has 1 aromatic rings. The van der Waals surface area contributed by atoms with Gasteiger partial charge in [-0.05, 0) is 18.9 Å². The molecule has 0 radical (unpaired) electrons. The molecule has 0 spiro atoms. The van der Waals surface area contributed by atoms with Crippen LogP contribution < -0.4 is 4.72 Å². The number of nitro benzene ring substituents is 1. The summed E-state index contributed by atoms with van der Waals surface area (Å²) in [5.74, 6) is 0. The van der Waals surface area contributed by atoms with E-state index >= 15 is 0 Å². The van der Waals surface area contributed by atoms with Crippen molar-refractivity contribution in [2.24, 2.45) is 0 Å². The number of nitro groups is 1. The van der Waals surface area contributed by atoms with Crippen molar-refractivity contribution in [1.29, 1.82) is 0 Å². The van der Waals surface area contributed by atoms with Crippen LogP contribution in [0.5, 0.6) is 0 Å². The molecule has 0 atom stereocenters. The molecule has 0 aliphatic carbocycles. The minimum absolute atomic E-state index is 0.244. The molecule has 0 amide bonds. The summed E-state index contributed by atoms with van der Waals surface area (Å²) in [5, 5.41) is 10.9. The highest BCUT2D eigenvalue weighted by atomic mass is 32.2. The highest BCUT2D eigenvalue weighted by Crippen LogP contribution is 2.26. The van der Waals surface area contributed by atoms with Gasteiger partial charge < -0.3 is 0 Å². The van der Waals surface area contributed by atoms with Gasteiger partial charge in [-0.25, -0.2) is 13.1 Å². The molecule has 0 saturated heterocycles. The number of sulfonamides is 1. The lowest BCUT2D eigenvalue weighted by Gasteiger charge is -2.09. The van der Waals surface area contributed by atoms with Gasteiger partial charge in [-0.3, -0.25) is 10.1 Å². The minimum Gasteiger partial charge on any atom is -0.258 e. The predicted octanol–water partition coefficient (Wildman–Crippen LogP) is 1.98. The third-order valence-corrected chi connectivity index (χ3v) is 4.13. The fraction of sp³-hybridized carbons (Fsp3) is 0.455. The monoisotopic (exact) mass is 272 g/mol. The van der Waals surface area contributed by atoms with Crippen molar-refractivity contribution in [3.63, 3.8) is 0 Å². The number of rotatable bonds is 6. The number of aryl methyl sites for hydroxylation is 1. The van der Waals surface area contributed by atoms with Crippen molar-refractivity contribution in [2.75, 3.05) is 6.54 Å². The highest BCUT2D eigenvalue weighted by molar-refractivity contribution is 7.89. The van der Waals surface area contributed by atoms with Crippen molar-refractivity contribution in [2.45, 2.75) is 31.6 Å². The van der Waals surface area contributed by atoms with Crippen LogP contribution in [-0.2, 0) is 10.0 Å². The lowest BCUT2D eigenvalue weighted by molar-refractivity contribution is -0.387. The molecule has 0 aromatic heterocycles. The zero-order valence-electron chi connectivity index (χ0n) is 10.3. The summed E-state index contributed by atoms with van der Waals surface area (Å²) >= 11 is 0. The Morgan fingerprint density at radius 3 is 2.61 bits per heavy atom. The molecule has 0 fully saturated rings. The number of nitrogens with zero attached hydrogens (tertiary/aromatic N) is 1. The Hall–Kier alpha value is -1.47. The van der Waals surface area contributed by atoms with E-state index in [-0.39, 0.29) is 17.1 Å². The normalized spacial score (nSPS) is 11.4. The summed E-state index contributed by atoms with van der Waals surface area (Å²) in [7, 11) is -3.83. The Bertz CT molecular complexity index is 540. The van der Waals surface area contributed by atoms with E-state index in [9.17, 15) is 18.5 Å². The van der Waals surface area contributed by atoms with Gasteiger partial charge in [-0.1, -0.05) is 25.5 Å². The molecule has 1 aromatic carbocycles. The molecule has 1 N–H and O–H groups in total. The fourth-order valence-electron chi connectivity index (χ4n) is 1.59. The van der Waals surface area contributed by atoms with Crippen molar-refractivity contribution in [1.82, 2.24) is 4.72 Å². The lowest BCUT2D eigenvalue weighted by atomic mass is 10.2. The predicted molar refractivity (Wildman–Crippen MR) is 67.9 cm³/mol. The van der Waals surface area contributed by atoms with Crippen LogP contribution in [-0.4, -0.2) is 19.9 Å². The first-order chi connectivity index (χ1) is 8.40. The molecule has 0 unspecified atom stereocenters. The zero-order valence-corrected chi connectivity index (χ0v) is 11.2. The molecule has 0 heterocycles. The molecule has 0 aliphatic rings. The zero-order chi connectivity index (χ0) is 13.8. The van der Waals surface area contributed by atoms with Gasteiger partial charge >= 0.3 is 0 Å². The number of benzene rings is 1. The van der Waals surface area contributed by atoms with E-state index < -0.39 is 14.9 Å². The Balaban J connectivity index is 3.19. The van der Waals surface area contributed by atoms with Gasteiger partial charge in [0.1, 0.15) is 0 Å². The number of unbranched alkanes of at least 4 members (excludes halogenated alkanes) is 1. The molecular formula is C11H16N2O4S. The molecule has 100 valence electrons. The molecule has 0 bridgehead atoms. The largest absolute Gasteiger partial charge is 0.289 e. The van der Waals surface area contributed by atoms with Crippen molar-refractivity contribution in [3.05, 3.63) is 33.9 Å². The van der Waals surface area contributed by atoms with Crippen LogP contribution >= 0.6 is 0 Å². The maximum Gasteiger partial charge on any atom is 0.289 e. The maximum absolute atomic E-state index is 12.0. The second-order valence-electron chi connectivity index (χ2n) is 3.93. The molecular weight excluding hydrogens is 256 g/mol. The van der Waals surface area contributed by atoms with Crippen LogP contribution in [0.4, 0.5) is 5.69 Å². The summed E-state index contributed by atoms with van der Waals surface area (Å²) in [6.07, 6.45) is 1.54. The van der Waals surface area contributed by atoms with Crippen molar-refractivity contribution in [3.8, 4) is 0 Å². The Morgan fingerprint density at radius 1 is 1.39 bits per heavy atom. The van der Waals surface area contributed by atoms with Crippen LogP contribution in [0.15, 0.2) is 23.1 Å². The Morgan fingerprint density at radius 2 is 2.06 bits per heavy atom. The van der Waals surface area contributed by atoms with Gasteiger partial charge in [0, 0.05) is 12.6 Å². The van der Waals surface area contributed by atoms with Crippen LogP contribution in [0.25, 0.3) is 0 Å². The smallest absolute Gasteiger partial charge is 0.258 e. The van der Waals surface area contributed by atoms with Crippen LogP contribution in [0.2, 0.25) is 0 Å². The van der Waals surface area contributed by atoms with E-state index in [4.69, 9.17) is 0 Å². The van der Waals surface area contributed by atoms with Crippen LogP contribution in [0.1, 0.15) is 25.3 Å². The summed E-state index contributed by atoms with van der Waals surface area (Å²) in [4.78, 5) is 9.94. The number of hydrogen-bond acceptors (Lipinski definition) is 4. The first-order valence-electron chi connectivity index (χ1n) is 5.64. The second-order valence-corrected chi connectivity index (χ2v) is 5.64. The van der Waals surface area contributed by atoms with E-state index in [1.165, 1.54) is 12.1 Å². The summed E-state index contributed by atoms with van der Waals surface area (Å²) in [6.45, 7) is 3.76. The highest BCUT2D eigenvalue weighted by Gasteiger charge is 2.27. The van der Waals surface area contributed by atoms with E-state index in [1.54, 1.807) is 13.0 Å². The summed E-state index contributed by atoms with van der Waals surface area (Å²) in [6, 6.07) is 4.21. The van der Waals surface area contributed by atoms with Crippen molar-refractivity contribution < 1.29 is 13.3 Å². The summed E-state index contributed by atoms with van der Waals surface area (Å²) in [5.41, 5.74) is -0.0211. The topological polar surface area (TPSA) is 89.3 Å². The average Bonchev–Trinajstić information content (AvgIpc) is 2.28. The third-order valence-electron chi connectivity index (χ3n) is 2.48. The van der Waals surface area contributed by atoms with Gasteiger partial charge in [-0.15, -0.1) is 0 Å². The van der Waals surface area contributed by atoms with Gasteiger partial charge in [0.2, 0.25) is 10.0 Å². The quantitative estimate of drug-likeness (QED) is 0.487. The molecule has 18 heavy (non-hydrogen) atoms. The third kappa shape index (κ3) is 3.27. The standard InChI is InChI=1S/C11H16N2O4S/c1-3-4-8-12-18(16,17)11-9(2)6-5-7-10(11)13(14)15/h5-7,12H,3-4,8H2,1-2H3. The minimum atomic E-state index is -3.83. The van der Waals surface area contributed by atoms with Crippen LogP contribution in [0, 0.1) is 17.0 Å². The summed E-state index contributed by atoms with van der Waals surface area (Å²) < 4.78 is 26.5. The van der Waals surface area contributed by atoms with E-state index in [0.717, 1.165) is 6.42 Å². The van der Waals surface area contributed by atoms with E-state index in [0.29, 0.717) is 12.0 Å². The first kappa shape index (κ1) is 14.6. The van der Waals surface area contributed by atoms with E-state index in [2.05, 4.69) is 4.72 Å². The Kier molecular flexibility index (Phi) is 4.80.